The number of halogens is 3. The second-order valence-corrected chi connectivity index (χ2v) is 9.72. The maximum absolute atomic E-state index is 13.2. The third-order valence-corrected chi connectivity index (χ3v) is 7.63. The molecular weight excluding hydrogens is 489 g/mol. The molecule has 1 aromatic carbocycles. The van der Waals surface area contributed by atoms with Gasteiger partial charge >= 0.3 is 18.1 Å². The maximum atomic E-state index is 13.2. The Hall–Kier alpha value is -2.60. The van der Waals surface area contributed by atoms with E-state index in [0.29, 0.717) is 19.5 Å². The lowest BCUT2D eigenvalue weighted by molar-refractivity contribution is -0.192. The Morgan fingerprint density at radius 2 is 1.77 bits per heavy atom. The fourth-order valence-electron chi connectivity index (χ4n) is 5.50. The number of aliphatic carboxylic acids is 1. The molecule has 3 aliphatic heterocycles. The van der Waals surface area contributed by atoms with Crippen LogP contribution < -0.4 is 0 Å². The number of hydrogen-bond donors (Lipinski definition) is 1. The molecule has 0 bridgehead atoms. The van der Waals surface area contributed by atoms with Crippen molar-refractivity contribution in [3.8, 4) is 0 Å². The molecule has 3 aliphatic rings. The number of esters is 1. The van der Waals surface area contributed by atoms with Crippen molar-refractivity contribution >= 4 is 35.5 Å². The zero-order valence-electron chi connectivity index (χ0n) is 19.5. The summed E-state index contributed by atoms with van der Waals surface area (Å²) in [7, 11) is 1.37. The quantitative estimate of drug-likeness (QED) is 0.362. The molecule has 2 amide bonds. The lowest BCUT2D eigenvalue weighted by atomic mass is 9.77. The van der Waals surface area contributed by atoms with Gasteiger partial charge in [0.1, 0.15) is 5.54 Å². The number of rotatable bonds is 5. The summed E-state index contributed by atoms with van der Waals surface area (Å²) >= 11 is 1.76. The van der Waals surface area contributed by atoms with E-state index in [-0.39, 0.29) is 23.8 Å². The summed E-state index contributed by atoms with van der Waals surface area (Å²) in [6.07, 6.45) is -3.72. The maximum Gasteiger partial charge on any atom is 0.490 e. The van der Waals surface area contributed by atoms with Crippen molar-refractivity contribution in [1.29, 1.82) is 0 Å². The van der Waals surface area contributed by atoms with Gasteiger partial charge in [-0.3, -0.25) is 24.2 Å². The van der Waals surface area contributed by atoms with Gasteiger partial charge in [-0.1, -0.05) is 19.1 Å². The number of nitrogens with zero attached hydrogens (tertiary/aromatic N) is 2. The van der Waals surface area contributed by atoms with E-state index in [1.54, 1.807) is 18.7 Å². The Labute approximate surface area is 204 Å². The van der Waals surface area contributed by atoms with Gasteiger partial charge in [0.25, 0.3) is 0 Å². The molecule has 1 aromatic rings. The molecule has 12 heteroatoms. The van der Waals surface area contributed by atoms with Crippen LogP contribution in [0.1, 0.15) is 38.3 Å². The van der Waals surface area contributed by atoms with Crippen molar-refractivity contribution in [1.82, 2.24) is 9.80 Å². The Morgan fingerprint density at radius 3 is 2.26 bits per heavy atom. The number of carboxylic acid groups (broad SMARTS) is 1. The fourth-order valence-corrected chi connectivity index (χ4v) is 6.16. The highest BCUT2D eigenvalue weighted by molar-refractivity contribution is 7.99. The van der Waals surface area contributed by atoms with Crippen LogP contribution in [0.5, 0.6) is 0 Å². The SMILES string of the molecule is CCSc1ccc(C2C3C(=O)N(CC)C(=O)C3[C@]3(C(=O)OC)CCCN23)cc1.O=C(O)C(F)(F)F. The predicted octanol–water partition coefficient (Wildman–Crippen LogP) is 3.12. The van der Waals surface area contributed by atoms with Gasteiger partial charge < -0.3 is 9.84 Å². The lowest BCUT2D eigenvalue weighted by Crippen LogP contribution is -2.54. The molecule has 8 nitrogen and oxygen atoms in total. The van der Waals surface area contributed by atoms with Crippen molar-refractivity contribution in [3.63, 3.8) is 0 Å². The molecular formula is C23H27F3N2O6S. The number of carbonyl (C=O) groups excluding carboxylic acids is 3. The first kappa shape index (κ1) is 27.0. The van der Waals surface area contributed by atoms with Crippen LogP contribution in [0.25, 0.3) is 0 Å². The van der Waals surface area contributed by atoms with Crippen LogP contribution in [0.15, 0.2) is 29.2 Å². The molecule has 0 spiro atoms. The van der Waals surface area contributed by atoms with Crippen molar-refractivity contribution in [2.75, 3.05) is 26.0 Å². The Balaban J connectivity index is 0.000000429. The van der Waals surface area contributed by atoms with Gasteiger partial charge in [-0.05, 0) is 49.8 Å². The van der Waals surface area contributed by atoms with E-state index >= 15 is 0 Å². The van der Waals surface area contributed by atoms with Crippen LogP contribution >= 0.6 is 11.8 Å². The molecule has 3 fully saturated rings. The molecule has 4 rings (SSSR count). The summed E-state index contributed by atoms with van der Waals surface area (Å²) in [5.41, 5.74) is -0.0420. The normalized spacial score (nSPS) is 27.8. The molecule has 3 heterocycles. The van der Waals surface area contributed by atoms with Crippen molar-refractivity contribution in [2.45, 2.75) is 49.3 Å². The second-order valence-electron chi connectivity index (χ2n) is 8.39. The number of carboxylic acids is 1. The first-order valence-electron chi connectivity index (χ1n) is 11.2. The zero-order valence-corrected chi connectivity index (χ0v) is 20.3. The molecule has 4 atom stereocenters. The van der Waals surface area contributed by atoms with E-state index < -0.39 is 29.5 Å². The number of imide groups is 1. The summed E-state index contributed by atoms with van der Waals surface area (Å²) in [4.78, 5) is 52.8. The summed E-state index contributed by atoms with van der Waals surface area (Å²) in [6, 6.07) is 7.92. The number of fused-ring (bicyclic) bond motifs is 3. The second kappa shape index (κ2) is 10.2. The molecule has 0 radical (unpaired) electrons. The van der Waals surface area contributed by atoms with Crippen LogP contribution in [0.2, 0.25) is 0 Å². The Bertz CT molecular complexity index is 1000. The van der Waals surface area contributed by atoms with Crippen LogP contribution in [-0.4, -0.2) is 76.3 Å². The van der Waals surface area contributed by atoms with E-state index in [1.165, 1.54) is 16.9 Å². The van der Waals surface area contributed by atoms with E-state index in [0.717, 1.165) is 17.7 Å². The molecule has 3 saturated heterocycles. The number of methoxy groups -OCH3 is 1. The van der Waals surface area contributed by atoms with Gasteiger partial charge in [-0.15, -0.1) is 11.8 Å². The molecule has 1 N–H and O–H groups in total. The smallest absolute Gasteiger partial charge is 0.475 e. The van der Waals surface area contributed by atoms with Crippen molar-refractivity contribution < 1.29 is 42.2 Å². The minimum Gasteiger partial charge on any atom is -0.475 e. The minimum absolute atomic E-state index is 0.160. The molecule has 192 valence electrons. The van der Waals surface area contributed by atoms with Crippen molar-refractivity contribution in [2.24, 2.45) is 11.8 Å². The third-order valence-electron chi connectivity index (χ3n) is 6.73. The first-order valence-corrected chi connectivity index (χ1v) is 12.2. The Morgan fingerprint density at radius 1 is 1.17 bits per heavy atom. The van der Waals surface area contributed by atoms with E-state index in [4.69, 9.17) is 14.6 Å². The summed E-state index contributed by atoms with van der Waals surface area (Å²) in [5, 5.41) is 7.12. The monoisotopic (exact) mass is 516 g/mol. The Kier molecular flexibility index (Phi) is 7.85. The summed E-state index contributed by atoms with van der Waals surface area (Å²) in [6.45, 7) is 4.93. The molecule has 0 aliphatic carbocycles. The lowest BCUT2D eigenvalue weighted by Gasteiger charge is -2.36. The van der Waals surface area contributed by atoms with Gasteiger partial charge in [0, 0.05) is 17.5 Å². The van der Waals surface area contributed by atoms with Crippen molar-refractivity contribution in [3.05, 3.63) is 29.8 Å². The standard InChI is InChI=1S/C21H26N2O4S.C2HF3O2/c1-4-22-18(24)15-16(19(22)25)21(20(26)27-3)11-6-12-23(21)17(15)13-7-9-14(10-8-13)28-5-2;3-2(4,5)1(6)7/h7-10,15-17H,4-6,11-12H2,1-3H3;(H,6,7)/t15?,16?,17?,21-;/m0./s1. The largest absolute Gasteiger partial charge is 0.490 e. The van der Waals surface area contributed by atoms with Gasteiger partial charge in [0.2, 0.25) is 11.8 Å². The number of carbonyl (C=O) groups is 4. The highest BCUT2D eigenvalue weighted by atomic mass is 32.2. The number of amides is 2. The third kappa shape index (κ3) is 4.53. The van der Waals surface area contributed by atoms with Gasteiger partial charge in [0.05, 0.1) is 18.9 Å². The minimum atomic E-state index is -5.08. The predicted molar refractivity (Wildman–Crippen MR) is 119 cm³/mol. The number of benzene rings is 1. The topological polar surface area (TPSA) is 104 Å². The average Bonchev–Trinajstić information content (AvgIpc) is 3.42. The molecule has 0 aromatic heterocycles. The van der Waals surface area contributed by atoms with Gasteiger partial charge in [-0.2, -0.15) is 13.2 Å². The molecule has 0 saturated carbocycles. The molecule has 35 heavy (non-hydrogen) atoms. The van der Waals surface area contributed by atoms with Gasteiger partial charge in [0.15, 0.2) is 0 Å². The number of thioether (sulfide) groups is 1. The highest BCUT2D eigenvalue weighted by Gasteiger charge is 2.73. The summed E-state index contributed by atoms with van der Waals surface area (Å²) in [5.74, 6) is -3.74. The number of alkyl halides is 3. The van der Waals surface area contributed by atoms with Gasteiger partial charge in [-0.25, -0.2) is 4.79 Å². The molecule has 3 unspecified atom stereocenters. The zero-order chi connectivity index (χ0) is 26.1. The number of ether oxygens (including phenoxy) is 1. The average molecular weight is 517 g/mol. The van der Waals surface area contributed by atoms with Crippen LogP contribution in [0.3, 0.4) is 0 Å². The highest BCUT2D eigenvalue weighted by Crippen LogP contribution is 2.59. The summed E-state index contributed by atoms with van der Waals surface area (Å²) < 4.78 is 36.9. The van der Waals surface area contributed by atoms with E-state index in [9.17, 15) is 27.6 Å². The van der Waals surface area contributed by atoms with Crippen LogP contribution in [0.4, 0.5) is 13.2 Å². The first-order chi connectivity index (χ1) is 16.4. The fraction of sp³-hybridized carbons (Fsp3) is 0.565. The van der Waals surface area contributed by atoms with E-state index in [1.807, 2.05) is 12.1 Å². The number of likely N-dealkylation sites (tertiary alicyclic amines) is 1. The van der Waals surface area contributed by atoms with Crippen LogP contribution in [0, 0.1) is 11.8 Å². The van der Waals surface area contributed by atoms with E-state index in [2.05, 4.69) is 24.0 Å². The number of hydrogen-bond acceptors (Lipinski definition) is 7. The van der Waals surface area contributed by atoms with Crippen LogP contribution in [-0.2, 0) is 23.9 Å².